The second kappa shape index (κ2) is 13.0. The van der Waals surface area contributed by atoms with E-state index in [-0.39, 0.29) is 25.2 Å². The summed E-state index contributed by atoms with van der Waals surface area (Å²) in [7, 11) is 0. The highest BCUT2D eigenvalue weighted by molar-refractivity contribution is 5.76. The van der Waals surface area contributed by atoms with Crippen LogP contribution in [-0.2, 0) is 19.1 Å². The Labute approximate surface area is 165 Å². The monoisotopic (exact) mass is 406 g/mol. The Bertz CT molecular complexity index is 477. The highest BCUT2D eigenvalue weighted by Gasteiger charge is 2.30. The van der Waals surface area contributed by atoms with E-state index in [0.29, 0.717) is 25.8 Å². The number of nitrogens with zero attached hydrogens (tertiary/aromatic N) is 1. The molecule has 164 valence electrons. The molecule has 0 aromatic heterocycles. The minimum absolute atomic E-state index is 0.000144. The van der Waals surface area contributed by atoms with Gasteiger partial charge in [-0.05, 0) is 32.6 Å². The van der Waals surface area contributed by atoms with Crippen LogP contribution in [0.5, 0.6) is 0 Å². The molecule has 1 heterocycles. The number of likely N-dealkylation sites (tertiary alicyclic amines) is 1. The highest BCUT2D eigenvalue weighted by Crippen LogP contribution is 2.18. The topological polar surface area (TPSA) is 149 Å². The fourth-order valence-corrected chi connectivity index (χ4v) is 3.15. The summed E-state index contributed by atoms with van der Waals surface area (Å²) in [5.41, 5.74) is 0. The first-order valence-corrected chi connectivity index (χ1v) is 9.71. The molecule has 1 saturated heterocycles. The van der Waals surface area contributed by atoms with Gasteiger partial charge in [0.2, 0.25) is 11.8 Å². The number of nitrogens with one attached hydrogen (secondary N) is 1. The maximum Gasteiger partial charge on any atom is 0.222 e. The number of carbonyl (C=O) groups is 2. The average molecular weight is 406 g/mol. The smallest absolute Gasteiger partial charge is 0.222 e. The number of carbonyl (C=O) groups excluding carboxylic acids is 2. The molecule has 1 fully saturated rings. The Kier molecular flexibility index (Phi) is 11.5. The van der Waals surface area contributed by atoms with Crippen LogP contribution in [0.1, 0.15) is 46.0 Å². The van der Waals surface area contributed by atoms with Gasteiger partial charge in [-0.2, -0.15) is 0 Å². The highest BCUT2D eigenvalue weighted by atomic mass is 16.7. The number of aliphatic hydroxyl groups is 4. The van der Waals surface area contributed by atoms with Crippen LogP contribution < -0.4 is 5.32 Å². The van der Waals surface area contributed by atoms with E-state index in [9.17, 15) is 24.9 Å². The van der Waals surface area contributed by atoms with Crippen molar-refractivity contribution < 1.29 is 39.5 Å². The Morgan fingerprint density at radius 2 is 1.96 bits per heavy atom. The minimum Gasteiger partial charge on any atom is -0.394 e. The van der Waals surface area contributed by atoms with E-state index in [1.807, 2.05) is 0 Å². The molecule has 0 saturated carbocycles. The summed E-state index contributed by atoms with van der Waals surface area (Å²) >= 11 is 0. The van der Waals surface area contributed by atoms with E-state index in [2.05, 4.69) is 5.32 Å². The largest absolute Gasteiger partial charge is 0.394 e. The van der Waals surface area contributed by atoms with Gasteiger partial charge in [0, 0.05) is 26.5 Å². The third-order valence-corrected chi connectivity index (χ3v) is 4.61. The van der Waals surface area contributed by atoms with Crippen LogP contribution in [0, 0.1) is 0 Å². The second-order valence-electron chi connectivity index (χ2n) is 7.00. The van der Waals surface area contributed by atoms with Crippen LogP contribution in [0.2, 0.25) is 0 Å². The molecule has 0 spiro atoms. The van der Waals surface area contributed by atoms with Gasteiger partial charge < -0.3 is 40.1 Å². The zero-order chi connectivity index (χ0) is 21.1. The SMILES string of the molecule is CC(=O)NC(C(C)O)C(OCCCCC(=O)N1CCC[C@H]1CO)OC(O)CO. The lowest BCUT2D eigenvalue weighted by Crippen LogP contribution is -2.52. The Balaban J connectivity index is 2.46. The van der Waals surface area contributed by atoms with Gasteiger partial charge in [-0.3, -0.25) is 9.59 Å². The van der Waals surface area contributed by atoms with Crippen molar-refractivity contribution in [2.24, 2.45) is 0 Å². The van der Waals surface area contributed by atoms with Crippen molar-refractivity contribution in [1.82, 2.24) is 10.2 Å². The van der Waals surface area contributed by atoms with Crippen LogP contribution >= 0.6 is 0 Å². The fraction of sp³-hybridized carbons (Fsp3) is 0.889. The third kappa shape index (κ3) is 8.38. The van der Waals surface area contributed by atoms with E-state index >= 15 is 0 Å². The Morgan fingerprint density at radius 1 is 1.25 bits per heavy atom. The summed E-state index contributed by atoms with van der Waals surface area (Å²) in [6.07, 6.45) is -0.584. The summed E-state index contributed by atoms with van der Waals surface area (Å²) in [5, 5.41) is 40.1. The van der Waals surface area contributed by atoms with Crippen molar-refractivity contribution in [2.75, 3.05) is 26.4 Å². The third-order valence-electron chi connectivity index (χ3n) is 4.61. The van der Waals surface area contributed by atoms with Gasteiger partial charge in [0.1, 0.15) is 6.04 Å². The van der Waals surface area contributed by atoms with Crippen molar-refractivity contribution in [2.45, 2.75) is 76.7 Å². The van der Waals surface area contributed by atoms with Gasteiger partial charge in [0.25, 0.3) is 0 Å². The lowest BCUT2D eigenvalue weighted by Gasteiger charge is -2.31. The van der Waals surface area contributed by atoms with Crippen LogP contribution in [0.15, 0.2) is 0 Å². The van der Waals surface area contributed by atoms with Gasteiger partial charge in [-0.1, -0.05) is 0 Å². The first-order chi connectivity index (χ1) is 13.3. The maximum atomic E-state index is 12.2. The molecule has 28 heavy (non-hydrogen) atoms. The van der Waals surface area contributed by atoms with E-state index in [0.717, 1.165) is 12.8 Å². The van der Waals surface area contributed by atoms with Gasteiger partial charge in [-0.25, -0.2) is 0 Å². The molecular weight excluding hydrogens is 372 g/mol. The number of unbranched alkanes of at least 4 members (excludes halogenated alkanes) is 1. The lowest BCUT2D eigenvalue weighted by atomic mass is 10.1. The summed E-state index contributed by atoms with van der Waals surface area (Å²) in [5.74, 6) is -0.406. The van der Waals surface area contributed by atoms with Crippen LogP contribution in [0.3, 0.4) is 0 Å². The lowest BCUT2D eigenvalue weighted by molar-refractivity contribution is -0.254. The van der Waals surface area contributed by atoms with Gasteiger partial charge >= 0.3 is 0 Å². The quantitative estimate of drug-likeness (QED) is 0.187. The molecule has 0 bridgehead atoms. The summed E-state index contributed by atoms with van der Waals surface area (Å²) in [6.45, 7) is 2.87. The van der Waals surface area contributed by atoms with Crippen molar-refractivity contribution in [3.63, 3.8) is 0 Å². The predicted octanol–water partition coefficient (Wildman–Crippen LogP) is -1.30. The van der Waals surface area contributed by atoms with Crippen LogP contribution in [0.4, 0.5) is 0 Å². The minimum atomic E-state index is -1.52. The average Bonchev–Trinajstić information content (AvgIpc) is 3.13. The Hall–Kier alpha value is -1.30. The molecule has 0 aliphatic carbocycles. The van der Waals surface area contributed by atoms with E-state index in [1.54, 1.807) is 4.90 Å². The molecule has 5 N–H and O–H groups in total. The Morgan fingerprint density at radius 3 is 2.54 bits per heavy atom. The van der Waals surface area contributed by atoms with Crippen molar-refractivity contribution in [3.8, 4) is 0 Å². The number of ether oxygens (including phenoxy) is 2. The molecule has 2 amide bonds. The summed E-state index contributed by atoms with van der Waals surface area (Å²) < 4.78 is 10.7. The maximum absolute atomic E-state index is 12.2. The van der Waals surface area contributed by atoms with E-state index in [4.69, 9.17) is 14.6 Å². The molecule has 10 nitrogen and oxygen atoms in total. The second-order valence-corrected chi connectivity index (χ2v) is 7.00. The zero-order valence-corrected chi connectivity index (χ0v) is 16.6. The normalized spacial score (nSPS) is 21.2. The van der Waals surface area contributed by atoms with E-state index < -0.39 is 37.2 Å². The molecule has 0 radical (unpaired) electrons. The number of aliphatic hydroxyl groups excluding tert-OH is 4. The number of amides is 2. The predicted molar refractivity (Wildman–Crippen MR) is 98.9 cm³/mol. The van der Waals surface area contributed by atoms with Gasteiger partial charge in [0.05, 0.1) is 25.4 Å². The van der Waals surface area contributed by atoms with Crippen molar-refractivity contribution >= 4 is 11.8 Å². The summed E-state index contributed by atoms with van der Waals surface area (Å²) in [6, 6.07) is -1.03. The van der Waals surface area contributed by atoms with Crippen molar-refractivity contribution in [3.05, 3.63) is 0 Å². The molecule has 5 atom stereocenters. The standard InChI is InChI=1S/C18H34N2O8/c1-12(23)17(19-13(2)24)18(28-16(26)11-22)27-9-4-3-7-15(25)20-8-5-6-14(20)10-21/h12,14,16-18,21-23,26H,3-11H2,1-2H3,(H,19,24)/t12?,14-,16?,17?,18?/m0/s1. The fourth-order valence-electron chi connectivity index (χ4n) is 3.15. The first-order valence-electron chi connectivity index (χ1n) is 9.71. The number of rotatable bonds is 13. The zero-order valence-electron chi connectivity index (χ0n) is 16.6. The molecule has 1 aliphatic rings. The molecule has 0 aromatic carbocycles. The van der Waals surface area contributed by atoms with Crippen LogP contribution in [-0.4, -0.2) is 94.3 Å². The molecule has 10 heteroatoms. The number of hydrogen-bond acceptors (Lipinski definition) is 8. The molecule has 1 aliphatic heterocycles. The molecule has 1 rings (SSSR count). The van der Waals surface area contributed by atoms with Crippen LogP contribution in [0.25, 0.3) is 0 Å². The van der Waals surface area contributed by atoms with Gasteiger partial charge in [0.15, 0.2) is 12.6 Å². The first kappa shape index (κ1) is 24.7. The van der Waals surface area contributed by atoms with Crippen molar-refractivity contribution in [1.29, 1.82) is 0 Å². The summed E-state index contributed by atoms with van der Waals surface area (Å²) in [4.78, 5) is 25.3. The molecule has 0 aromatic rings. The van der Waals surface area contributed by atoms with Gasteiger partial charge in [-0.15, -0.1) is 0 Å². The molecule has 4 unspecified atom stereocenters. The van der Waals surface area contributed by atoms with E-state index in [1.165, 1.54) is 13.8 Å². The number of hydrogen-bond donors (Lipinski definition) is 5. The molecular formula is C18H34N2O8.